The Morgan fingerprint density at radius 1 is 1.20 bits per heavy atom. The topological polar surface area (TPSA) is 84.2 Å². The van der Waals surface area contributed by atoms with Gasteiger partial charge in [-0.15, -0.1) is 11.3 Å². The molecule has 0 saturated carbocycles. The Bertz CT molecular complexity index is 1190. The quantitative estimate of drug-likeness (QED) is 0.440. The summed E-state index contributed by atoms with van der Waals surface area (Å²) in [6.07, 6.45) is 2.78. The van der Waals surface area contributed by atoms with Gasteiger partial charge in [0, 0.05) is 14.9 Å². The fourth-order valence-corrected chi connectivity index (χ4v) is 6.05. The highest BCUT2D eigenvalue weighted by Gasteiger charge is 2.27. The van der Waals surface area contributed by atoms with Crippen molar-refractivity contribution in [3.8, 4) is 0 Å². The van der Waals surface area contributed by atoms with Crippen LogP contribution in [-0.2, 0) is 12.8 Å². The van der Waals surface area contributed by atoms with E-state index in [-0.39, 0.29) is 11.0 Å². The van der Waals surface area contributed by atoms with E-state index in [1.807, 2.05) is 30.3 Å². The van der Waals surface area contributed by atoms with Gasteiger partial charge < -0.3 is 11.1 Å². The lowest BCUT2D eigenvalue weighted by Crippen LogP contribution is -2.34. The van der Waals surface area contributed by atoms with Crippen LogP contribution in [0.1, 0.15) is 44.5 Å². The van der Waals surface area contributed by atoms with Gasteiger partial charge in [0.1, 0.15) is 5.00 Å². The summed E-state index contributed by atoms with van der Waals surface area (Å²) in [5.41, 5.74) is 7.68. The van der Waals surface area contributed by atoms with Crippen LogP contribution in [0.5, 0.6) is 0 Å². The molecule has 30 heavy (non-hydrogen) atoms. The Hall–Kier alpha value is -2.29. The number of carbonyl (C=O) groups excluding carboxylic acids is 2. The van der Waals surface area contributed by atoms with E-state index >= 15 is 0 Å². The van der Waals surface area contributed by atoms with E-state index in [0.29, 0.717) is 22.0 Å². The molecule has 1 aromatic heterocycles. The molecular formula is C22H20BrN3O2S2. The van der Waals surface area contributed by atoms with Gasteiger partial charge in [0.05, 0.1) is 5.56 Å². The minimum atomic E-state index is -0.474. The van der Waals surface area contributed by atoms with Gasteiger partial charge in [-0.3, -0.25) is 14.9 Å². The van der Waals surface area contributed by atoms with Gasteiger partial charge in [-0.2, -0.15) is 0 Å². The van der Waals surface area contributed by atoms with Gasteiger partial charge >= 0.3 is 0 Å². The summed E-state index contributed by atoms with van der Waals surface area (Å²) in [4.78, 5) is 26.1. The summed E-state index contributed by atoms with van der Waals surface area (Å²) in [6.45, 7) is 2.20. The number of nitrogens with two attached hydrogens (primary N) is 1. The zero-order valence-corrected chi connectivity index (χ0v) is 19.5. The van der Waals surface area contributed by atoms with Crippen molar-refractivity contribution in [3.05, 3.63) is 62.4 Å². The van der Waals surface area contributed by atoms with Crippen molar-refractivity contribution in [1.29, 1.82) is 0 Å². The first-order valence-corrected chi connectivity index (χ1v) is 11.6. The van der Waals surface area contributed by atoms with Crippen molar-refractivity contribution in [3.63, 3.8) is 0 Å². The van der Waals surface area contributed by atoms with Gasteiger partial charge in [-0.1, -0.05) is 47.1 Å². The van der Waals surface area contributed by atoms with Gasteiger partial charge in [-0.25, -0.2) is 0 Å². The van der Waals surface area contributed by atoms with Gasteiger partial charge in [0.15, 0.2) is 5.11 Å². The third-order valence-electron chi connectivity index (χ3n) is 5.33. The molecule has 0 fully saturated rings. The van der Waals surface area contributed by atoms with Crippen LogP contribution in [0.4, 0.5) is 5.00 Å². The summed E-state index contributed by atoms with van der Waals surface area (Å²) >= 11 is 10.4. The number of nitrogens with one attached hydrogen (secondary N) is 2. The number of fused-ring (bicyclic) bond motifs is 2. The molecule has 3 aromatic rings. The van der Waals surface area contributed by atoms with Crippen LogP contribution in [0, 0.1) is 5.92 Å². The lowest BCUT2D eigenvalue weighted by molar-refractivity contribution is 0.0977. The number of thiophene rings is 1. The van der Waals surface area contributed by atoms with E-state index in [9.17, 15) is 9.59 Å². The SMILES string of the molecule is CC1CCc2c(sc(NC(=S)NC(=O)c3cccc4c(Br)cccc34)c2C(N)=O)C1. The van der Waals surface area contributed by atoms with Gasteiger partial charge in [0.2, 0.25) is 0 Å². The molecule has 1 aliphatic rings. The molecule has 2 amide bonds. The van der Waals surface area contributed by atoms with Crippen LogP contribution in [0.2, 0.25) is 0 Å². The van der Waals surface area contributed by atoms with E-state index in [1.165, 1.54) is 11.3 Å². The zero-order valence-electron chi connectivity index (χ0n) is 16.3. The molecule has 0 radical (unpaired) electrons. The first-order chi connectivity index (χ1) is 14.3. The lowest BCUT2D eigenvalue weighted by atomic mass is 9.88. The van der Waals surface area contributed by atoms with Crippen LogP contribution in [-0.4, -0.2) is 16.9 Å². The Kier molecular flexibility index (Phi) is 5.90. The minimum absolute atomic E-state index is 0.140. The van der Waals surface area contributed by atoms with Crippen LogP contribution in [0.3, 0.4) is 0 Å². The highest BCUT2D eigenvalue weighted by Crippen LogP contribution is 2.39. The summed E-state index contributed by atoms with van der Waals surface area (Å²) in [6, 6.07) is 11.2. The maximum absolute atomic E-state index is 12.9. The summed E-state index contributed by atoms with van der Waals surface area (Å²) in [5, 5.41) is 8.28. The van der Waals surface area contributed by atoms with Crippen molar-refractivity contribution in [2.45, 2.75) is 26.2 Å². The van der Waals surface area contributed by atoms with Crippen molar-refractivity contribution in [1.82, 2.24) is 5.32 Å². The Labute approximate surface area is 192 Å². The lowest BCUT2D eigenvalue weighted by Gasteiger charge is -2.18. The average Bonchev–Trinajstić information content (AvgIpc) is 3.04. The normalized spacial score (nSPS) is 15.5. The maximum atomic E-state index is 12.9. The molecule has 8 heteroatoms. The van der Waals surface area contributed by atoms with Crippen molar-refractivity contribution in [2.24, 2.45) is 11.7 Å². The van der Waals surface area contributed by atoms with Gasteiger partial charge in [0.25, 0.3) is 11.8 Å². The van der Waals surface area contributed by atoms with E-state index < -0.39 is 5.91 Å². The number of rotatable bonds is 3. The smallest absolute Gasteiger partial charge is 0.258 e. The fraction of sp³-hybridized carbons (Fsp3) is 0.227. The highest BCUT2D eigenvalue weighted by atomic mass is 79.9. The first-order valence-electron chi connectivity index (χ1n) is 9.59. The Morgan fingerprint density at radius 3 is 2.70 bits per heavy atom. The standard InChI is InChI=1S/C22H20BrN3O2S2/c1-11-8-9-15-17(10-11)30-21(18(15)19(24)27)26-22(29)25-20(28)14-6-2-5-13-12(14)4-3-7-16(13)23/h2-7,11H,8-10H2,1H3,(H2,24,27)(H2,25,26,28,29). The predicted octanol–water partition coefficient (Wildman–Crippen LogP) is 5.01. The summed E-state index contributed by atoms with van der Waals surface area (Å²) < 4.78 is 0.917. The van der Waals surface area contributed by atoms with Crippen molar-refractivity contribution in [2.75, 3.05) is 5.32 Å². The second-order valence-corrected chi connectivity index (χ2v) is 9.84. The van der Waals surface area contributed by atoms with E-state index in [0.717, 1.165) is 44.9 Å². The van der Waals surface area contributed by atoms with Crippen LogP contribution >= 0.6 is 39.5 Å². The van der Waals surface area contributed by atoms with E-state index in [2.05, 4.69) is 33.5 Å². The number of halogens is 1. The molecule has 0 spiro atoms. The third-order valence-corrected chi connectivity index (χ3v) is 7.39. The molecule has 0 aliphatic heterocycles. The fourth-order valence-electron chi connectivity index (χ4n) is 3.87. The molecule has 1 atom stereocenters. The molecule has 4 N–H and O–H groups in total. The number of carbonyl (C=O) groups is 2. The van der Waals surface area contributed by atoms with Crippen molar-refractivity contribution < 1.29 is 9.59 Å². The molecule has 0 saturated heterocycles. The number of primary amides is 1. The number of thiocarbonyl (C=S) groups is 1. The van der Waals surface area contributed by atoms with Crippen LogP contribution in [0.15, 0.2) is 40.9 Å². The second kappa shape index (κ2) is 8.45. The molecule has 1 aliphatic carbocycles. The second-order valence-electron chi connectivity index (χ2n) is 7.47. The molecule has 154 valence electrons. The average molecular weight is 502 g/mol. The first kappa shape index (κ1) is 21.0. The largest absolute Gasteiger partial charge is 0.365 e. The Balaban J connectivity index is 1.57. The minimum Gasteiger partial charge on any atom is -0.365 e. The number of benzene rings is 2. The molecule has 4 rings (SSSR count). The van der Waals surface area contributed by atoms with Crippen molar-refractivity contribution >= 4 is 72.2 Å². The molecule has 1 heterocycles. The molecule has 0 bridgehead atoms. The molecular weight excluding hydrogens is 482 g/mol. The van der Waals surface area contributed by atoms with E-state index in [4.69, 9.17) is 18.0 Å². The molecule has 2 aromatic carbocycles. The Morgan fingerprint density at radius 2 is 1.93 bits per heavy atom. The van der Waals surface area contributed by atoms with Gasteiger partial charge in [-0.05, 0) is 65.9 Å². The summed E-state index contributed by atoms with van der Waals surface area (Å²) in [5.74, 6) is -0.216. The maximum Gasteiger partial charge on any atom is 0.258 e. The van der Waals surface area contributed by atoms with E-state index in [1.54, 1.807) is 6.07 Å². The number of hydrogen-bond acceptors (Lipinski definition) is 4. The number of amides is 2. The molecule has 1 unspecified atom stereocenters. The monoisotopic (exact) mass is 501 g/mol. The number of anilines is 1. The van der Waals surface area contributed by atoms with Crippen LogP contribution in [0.25, 0.3) is 10.8 Å². The molecule has 5 nitrogen and oxygen atoms in total. The zero-order chi connectivity index (χ0) is 21.4. The third kappa shape index (κ3) is 3.99. The number of hydrogen-bond donors (Lipinski definition) is 3. The van der Waals surface area contributed by atoms with Crippen LogP contribution < -0.4 is 16.4 Å². The highest BCUT2D eigenvalue weighted by molar-refractivity contribution is 9.10. The predicted molar refractivity (Wildman–Crippen MR) is 129 cm³/mol. The summed E-state index contributed by atoms with van der Waals surface area (Å²) in [7, 11) is 0.